The van der Waals surface area contributed by atoms with E-state index in [0.29, 0.717) is 42.3 Å². The van der Waals surface area contributed by atoms with Crippen molar-refractivity contribution in [1.29, 1.82) is 0 Å². The van der Waals surface area contributed by atoms with Crippen LogP contribution < -0.4 is 14.4 Å². The molecule has 1 N–H and O–H groups in total. The van der Waals surface area contributed by atoms with Crippen LogP contribution in [0.3, 0.4) is 0 Å². The first-order valence-corrected chi connectivity index (χ1v) is 10.2. The summed E-state index contributed by atoms with van der Waals surface area (Å²) >= 11 is 0. The standard InChI is InChI=1S/C22H32N2O4/c1-6-8-9-28-20-12-17-16(11-19(20)27-5)21(25)23-13-14(3)10-18(23)22(26)24(17)15(4)7-2/h11-12,15,18,22,26H,3,6-10,13H2,1-2,4-5H3/t15?,18-,22-/m0/s1. The van der Waals surface area contributed by atoms with E-state index in [-0.39, 0.29) is 18.0 Å². The Morgan fingerprint density at radius 3 is 2.71 bits per heavy atom. The van der Waals surface area contributed by atoms with Crippen LogP contribution in [0.15, 0.2) is 24.3 Å². The van der Waals surface area contributed by atoms with Gasteiger partial charge in [-0.3, -0.25) is 4.79 Å². The third-order valence-corrected chi connectivity index (χ3v) is 5.79. The molecule has 0 bridgehead atoms. The lowest BCUT2D eigenvalue weighted by Crippen LogP contribution is -2.51. The van der Waals surface area contributed by atoms with Gasteiger partial charge in [0.25, 0.3) is 5.91 Å². The summed E-state index contributed by atoms with van der Waals surface area (Å²) in [7, 11) is 1.58. The Morgan fingerprint density at radius 1 is 1.32 bits per heavy atom. The third kappa shape index (κ3) is 3.58. The van der Waals surface area contributed by atoms with Crippen LogP contribution >= 0.6 is 0 Å². The zero-order valence-corrected chi connectivity index (χ0v) is 17.4. The summed E-state index contributed by atoms with van der Waals surface area (Å²) in [6.45, 7) is 11.4. The predicted octanol–water partition coefficient (Wildman–Crippen LogP) is 3.58. The number of benzene rings is 1. The first kappa shape index (κ1) is 20.5. The number of aliphatic hydroxyl groups excluding tert-OH is 1. The summed E-state index contributed by atoms with van der Waals surface area (Å²) in [6.07, 6.45) is 2.64. The SMILES string of the molecule is C=C1C[C@H]2[C@H](O)N(C(C)CC)c3cc(OCCCC)c(OC)cc3C(=O)N2C1. The number of hydrogen-bond acceptors (Lipinski definition) is 5. The number of aliphatic hydroxyl groups is 1. The number of ether oxygens (including phenoxy) is 2. The second kappa shape index (κ2) is 8.43. The van der Waals surface area contributed by atoms with Gasteiger partial charge in [0.15, 0.2) is 11.5 Å². The summed E-state index contributed by atoms with van der Waals surface area (Å²) in [5.74, 6) is 1.05. The maximum Gasteiger partial charge on any atom is 0.256 e. The van der Waals surface area contributed by atoms with Gasteiger partial charge < -0.3 is 24.4 Å². The number of unbranched alkanes of at least 4 members (excludes halogenated alkanes) is 1. The van der Waals surface area contributed by atoms with Gasteiger partial charge in [-0.15, -0.1) is 0 Å². The molecule has 1 unspecified atom stereocenters. The fraction of sp³-hybridized carbons (Fsp3) is 0.591. The molecule has 1 fully saturated rings. The summed E-state index contributed by atoms with van der Waals surface area (Å²) in [5, 5.41) is 11.3. The molecule has 1 saturated heterocycles. The van der Waals surface area contributed by atoms with Crippen LogP contribution in [0.4, 0.5) is 5.69 Å². The molecule has 2 aliphatic heterocycles. The topological polar surface area (TPSA) is 62.2 Å². The Kier molecular flexibility index (Phi) is 6.18. The molecule has 0 spiro atoms. The molecular formula is C22H32N2O4. The normalized spacial score (nSPS) is 22.6. The summed E-state index contributed by atoms with van der Waals surface area (Å²) in [5.41, 5.74) is 2.21. The minimum absolute atomic E-state index is 0.0623. The van der Waals surface area contributed by atoms with Crippen molar-refractivity contribution in [3.8, 4) is 11.5 Å². The fourth-order valence-electron chi connectivity index (χ4n) is 4.03. The number of amides is 1. The van der Waals surface area contributed by atoms with Gasteiger partial charge in [-0.25, -0.2) is 0 Å². The quantitative estimate of drug-likeness (QED) is 0.571. The minimum Gasteiger partial charge on any atom is -0.493 e. The lowest BCUT2D eigenvalue weighted by atomic mass is 10.1. The van der Waals surface area contributed by atoms with Crippen LogP contribution in [-0.4, -0.2) is 54.5 Å². The van der Waals surface area contributed by atoms with E-state index >= 15 is 0 Å². The van der Waals surface area contributed by atoms with Gasteiger partial charge in [-0.05, 0) is 32.3 Å². The number of carbonyl (C=O) groups is 1. The van der Waals surface area contributed by atoms with Crippen LogP contribution in [-0.2, 0) is 0 Å². The number of rotatable bonds is 7. The van der Waals surface area contributed by atoms with Crippen molar-refractivity contribution in [2.45, 2.75) is 64.8 Å². The highest BCUT2D eigenvalue weighted by Crippen LogP contribution is 2.42. The Hall–Kier alpha value is -2.21. The van der Waals surface area contributed by atoms with E-state index in [0.717, 1.165) is 24.8 Å². The molecule has 3 atom stereocenters. The zero-order valence-electron chi connectivity index (χ0n) is 17.4. The van der Waals surface area contributed by atoms with Crippen molar-refractivity contribution < 1.29 is 19.4 Å². The molecule has 0 aliphatic carbocycles. The molecule has 0 aromatic heterocycles. The molecule has 2 aliphatic rings. The molecule has 1 amide bonds. The van der Waals surface area contributed by atoms with Gasteiger partial charge in [0, 0.05) is 18.7 Å². The van der Waals surface area contributed by atoms with E-state index in [1.54, 1.807) is 18.1 Å². The molecule has 28 heavy (non-hydrogen) atoms. The number of methoxy groups -OCH3 is 1. The number of carbonyl (C=O) groups excluding carboxylic acids is 1. The average molecular weight is 389 g/mol. The fourth-order valence-corrected chi connectivity index (χ4v) is 4.03. The molecule has 1 aromatic rings. The van der Waals surface area contributed by atoms with E-state index in [1.807, 2.05) is 11.0 Å². The number of nitrogens with zero attached hydrogens (tertiary/aromatic N) is 2. The van der Waals surface area contributed by atoms with Gasteiger partial charge in [-0.1, -0.05) is 32.4 Å². The maximum atomic E-state index is 13.4. The Bertz CT molecular complexity index is 748. The van der Waals surface area contributed by atoms with Gasteiger partial charge in [0.05, 0.1) is 31.0 Å². The van der Waals surface area contributed by atoms with Crippen LogP contribution in [0.2, 0.25) is 0 Å². The van der Waals surface area contributed by atoms with Crippen molar-refractivity contribution in [2.24, 2.45) is 0 Å². The molecule has 3 rings (SSSR count). The van der Waals surface area contributed by atoms with E-state index < -0.39 is 6.23 Å². The third-order valence-electron chi connectivity index (χ3n) is 5.79. The predicted molar refractivity (Wildman–Crippen MR) is 110 cm³/mol. The molecule has 0 saturated carbocycles. The number of hydrogen-bond donors (Lipinski definition) is 1. The highest BCUT2D eigenvalue weighted by Gasteiger charge is 2.44. The zero-order chi connectivity index (χ0) is 20.4. The maximum absolute atomic E-state index is 13.4. The molecule has 6 nitrogen and oxygen atoms in total. The Balaban J connectivity index is 2.12. The van der Waals surface area contributed by atoms with Crippen molar-refractivity contribution in [3.63, 3.8) is 0 Å². The van der Waals surface area contributed by atoms with Crippen molar-refractivity contribution in [1.82, 2.24) is 4.90 Å². The van der Waals surface area contributed by atoms with Gasteiger partial charge in [-0.2, -0.15) is 0 Å². The van der Waals surface area contributed by atoms with Gasteiger partial charge in [0.2, 0.25) is 0 Å². The van der Waals surface area contributed by atoms with Gasteiger partial charge >= 0.3 is 0 Å². The smallest absolute Gasteiger partial charge is 0.256 e. The summed E-state index contributed by atoms with van der Waals surface area (Å²) in [6, 6.07) is 3.38. The average Bonchev–Trinajstić information content (AvgIpc) is 3.06. The monoisotopic (exact) mass is 388 g/mol. The van der Waals surface area contributed by atoms with Crippen LogP contribution in [0.1, 0.15) is 56.8 Å². The molecule has 1 aromatic carbocycles. The molecule has 0 radical (unpaired) electrons. The highest BCUT2D eigenvalue weighted by molar-refractivity contribution is 6.02. The van der Waals surface area contributed by atoms with Gasteiger partial charge in [0.1, 0.15) is 6.23 Å². The molecule has 154 valence electrons. The number of anilines is 1. The van der Waals surface area contributed by atoms with E-state index in [2.05, 4.69) is 27.4 Å². The Morgan fingerprint density at radius 2 is 2.07 bits per heavy atom. The first-order chi connectivity index (χ1) is 13.4. The Labute approximate surface area is 167 Å². The molecule has 6 heteroatoms. The molecular weight excluding hydrogens is 356 g/mol. The van der Waals surface area contributed by atoms with E-state index in [4.69, 9.17) is 9.47 Å². The van der Waals surface area contributed by atoms with E-state index in [9.17, 15) is 9.90 Å². The lowest BCUT2D eigenvalue weighted by molar-refractivity contribution is 0.0492. The van der Waals surface area contributed by atoms with E-state index in [1.165, 1.54) is 0 Å². The highest BCUT2D eigenvalue weighted by atomic mass is 16.5. The van der Waals surface area contributed by atoms with Crippen molar-refractivity contribution in [3.05, 3.63) is 29.8 Å². The number of fused-ring (bicyclic) bond motifs is 2. The first-order valence-electron chi connectivity index (χ1n) is 10.2. The second-order valence-electron chi connectivity index (χ2n) is 7.75. The van der Waals surface area contributed by atoms with Crippen LogP contribution in [0.25, 0.3) is 0 Å². The lowest BCUT2D eigenvalue weighted by Gasteiger charge is -2.38. The molecule has 2 heterocycles. The summed E-state index contributed by atoms with van der Waals surface area (Å²) < 4.78 is 11.5. The minimum atomic E-state index is -0.795. The van der Waals surface area contributed by atoms with Crippen LogP contribution in [0, 0.1) is 0 Å². The largest absolute Gasteiger partial charge is 0.493 e. The second-order valence-corrected chi connectivity index (χ2v) is 7.75. The van der Waals surface area contributed by atoms with Crippen molar-refractivity contribution >= 4 is 11.6 Å². The van der Waals surface area contributed by atoms with Crippen LogP contribution in [0.5, 0.6) is 11.5 Å². The van der Waals surface area contributed by atoms with Crippen molar-refractivity contribution in [2.75, 3.05) is 25.2 Å². The summed E-state index contributed by atoms with van der Waals surface area (Å²) in [4.78, 5) is 17.1.